The van der Waals surface area contributed by atoms with Crippen molar-refractivity contribution in [2.45, 2.75) is 82.8 Å². The van der Waals surface area contributed by atoms with Gasteiger partial charge < -0.3 is 62.9 Å². The van der Waals surface area contributed by atoms with Gasteiger partial charge in [0.15, 0.2) is 47.7 Å². The van der Waals surface area contributed by atoms with E-state index in [9.17, 15) is 19.2 Å². The maximum atomic E-state index is 14.5. The molecule has 1 aliphatic heterocycles. The smallest absolute Gasteiger partial charge is 0.329 e. The highest BCUT2D eigenvalue weighted by Crippen LogP contribution is 2.42. The fraction of sp³-hybridized carbons (Fsp3) is 0.424. The van der Waals surface area contributed by atoms with Crippen molar-refractivity contribution in [3.63, 3.8) is 0 Å². The molecular weight excluding hydrogens is 975 g/mol. The van der Waals surface area contributed by atoms with E-state index < -0.39 is 29.9 Å². The first-order valence-corrected chi connectivity index (χ1v) is 25.7. The predicted octanol–water partition coefficient (Wildman–Crippen LogP) is 8.40. The maximum Gasteiger partial charge on any atom is 0.329 e. The van der Waals surface area contributed by atoms with Crippen LogP contribution >= 0.6 is 0 Å². The van der Waals surface area contributed by atoms with Crippen LogP contribution in [0.1, 0.15) is 85.3 Å². The van der Waals surface area contributed by atoms with Crippen LogP contribution in [0, 0.1) is 0 Å². The van der Waals surface area contributed by atoms with Crippen LogP contribution in [0.3, 0.4) is 0 Å². The van der Waals surface area contributed by atoms with E-state index in [1.54, 1.807) is 63.7 Å². The van der Waals surface area contributed by atoms with Crippen molar-refractivity contribution in [2.75, 3.05) is 82.6 Å². The lowest BCUT2D eigenvalue weighted by molar-refractivity contribution is -0.162. The molecule has 2 N–H and O–H groups in total. The Morgan fingerprint density at radius 3 is 1.66 bits per heavy atom. The number of piperidine rings is 1. The molecule has 0 bridgehead atoms. The number of carbonyl (C=O) groups excluding carboxylic acids is 4. The molecule has 0 spiro atoms. The number of hydrogen-bond donors (Lipinski definition) is 2. The molecule has 76 heavy (non-hydrogen) atoms. The van der Waals surface area contributed by atoms with Gasteiger partial charge in [0, 0.05) is 19.6 Å². The second-order valence-electron chi connectivity index (χ2n) is 18.2. The molecule has 1 heterocycles. The summed E-state index contributed by atoms with van der Waals surface area (Å²) in [5.41, 5.74) is 4.50. The van der Waals surface area contributed by atoms with Gasteiger partial charge in [-0.2, -0.15) is 0 Å². The molecule has 1 saturated heterocycles. The number of nitrogens with zero attached hydrogens (tertiary/aromatic N) is 1. The number of likely N-dealkylation sites (tertiary alicyclic amines) is 1. The number of amides is 3. The Bertz CT molecular complexity index is 2690. The van der Waals surface area contributed by atoms with E-state index in [0.29, 0.717) is 95.1 Å². The normalized spacial score (nSPS) is 13.8. The largest absolute Gasteiger partial charge is 0.493 e. The second-order valence-corrected chi connectivity index (χ2v) is 18.2. The van der Waals surface area contributed by atoms with Crippen LogP contribution in [0.15, 0.2) is 97.1 Å². The second kappa shape index (κ2) is 29.3. The number of esters is 1. The van der Waals surface area contributed by atoms with Crippen LogP contribution < -0.4 is 53.3 Å². The highest BCUT2D eigenvalue weighted by Gasteiger charge is 2.38. The van der Waals surface area contributed by atoms with E-state index in [0.717, 1.165) is 48.8 Å². The Hall–Kier alpha value is -7.82. The van der Waals surface area contributed by atoms with Gasteiger partial charge in [0.25, 0.3) is 11.8 Å². The number of carbonyl (C=O) groups is 4. The number of rotatable bonds is 29. The van der Waals surface area contributed by atoms with E-state index in [1.165, 1.54) is 21.3 Å². The molecule has 17 heteroatoms. The highest BCUT2D eigenvalue weighted by molar-refractivity contribution is 5.89. The van der Waals surface area contributed by atoms with Crippen molar-refractivity contribution >= 4 is 23.7 Å². The quantitative estimate of drug-likeness (QED) is 0.0343. The first-order valence-electron chi connectivity index (χ1n) is 25.7. The Kier molecular flexibility index (Phi) is 22.2. The summed E-state index contributed by atoms with van der Waals surface area (Å²) in [5.74, 6) is 2.78. The molecule has 408 valence electrons. The minimum Gasteiger partial charge on any atom is -0.493 e. The van der Waals surface area contributed by atoms with Gasteiger partial charge in [-0.3, -0.25) is 14.4 Å². The van der Waals surface area contributed by atoms with Gasteiger partial charge in [-0.25, -0.2) is 4.79 Å². The fourth-order valence-corrected chi connectivity index (χ4v) is 9.27. The van der Waals surface area contributed by atoms with Gasteiger partial charge in [-0.1, -0.05) is 43.3 Å². The lowest BCUT2D eigenvalue weighted by atomic mass is 9.91. The molecule has 0 aliphatic carbocycles. The van der Waals surface area contributed by atoms with Crippen LogP contribution in [0.25, 0.3) is 0 Å². The summed E-state index contributed by atoms with van der Waals surface area (Å²) < 4.78 is 56.6. The van der Waals surface area contributed by atoms with Gasteiger partial charge in [-0.05, 0) is 146 Å². The van der Waals surface area contributed by atoms with Crippen LogP contribution in [0.2, 0.25) is 0 Å². The van der Waals surface area contributed by atoms with Crippen molar-refractivity contribution in [1.82, 2.24) is 15.5 Å². The average molecular weight is 1050 g/mol. The van der Waals surface area contributed by atoms with Crippen molar-refractivity contribution < 1.29 is 66.5 Å². The minimum absolute atomic E-state index is 0.167. The summed E-state index contributed by atoms with van der Waals surface area (Å²) in [4.78, 5) is 56.2. The monoisotopic (exact) mass is 1050 g/mol. The van der Waals surface area contributed by atoms with E-state index in [2.05, 4.69) is 10.6 Å². The van der Waals surface area contributed by atoms with Gasteiger partial charge >= 0.3 is 5.97 Å². The Morgan fingerprint density at radius 1 is 0.566 bits per heavy atom. The standard InChI is InChI=1S/C59H73N3O14/c1-9-46(43-35-53(71-6)57(73-8)54(36-43)72-7)58(65)62-30-11-10-21-47(62)59(66)76-48(25-22-41-24-27-50(68-3)52(33-41)70-5)42-18-14-20-45(34-42)75-38-56(64)61-29-28-60-55(63)37-74-44-19-13-17-39(31-44)15-12-16-40-23-26-49(67-2)51(32-40)69-4/h13-14,17-20,23-24,26-27,31-36,46-48H,9-12,15-16,21-22,25,28-30,37-38H2,1-8H3,(H,60,63)(H,61,64)/t46-,47-,48+/m0/s1. The molecule has 0 aromatic heterocycles. The molecule has 3 atom stereocenters. The molecule has 1 fully saturated rings. The Labute approximate surface area is 446 Å². The third-order valence-electron chi connectivity index (χ3n) is 13.3. The van der Waals surface area contributed by atoms with Gasteiger partial charge in [0.2, 0.25) is 11.7 Å². The van der Waals surface area contributed by atoms with E-state index in [-0.39, 0.29) is 38.1 Å². The molecule has 5 aromatic carbocycles. The third-order valence-corrected chi connectivity index (χ3v) is 13.3. The summed E-state index contributed by atoms with van der Waals surface area (Å²) in [7, 11) is 11.0. The molecule has 6 rings (SSSR count). The fourth-order valence-electron chi connectivity index (χ4n) is 9.27. The van der Waals surface area contributed by atoms with Crippen LogP contribution in [-0.2, 0) is 43.2 Å². The first-order chi connectivity index (χ1) is 36.9. The summed E-state index contributed by atoms with van der Waals surface area (Å²) in [6.07, 6.45) is 5.10. The molecule has 5 aromatic rings. The summed E-state index contributed by atoms with van der Waals surface area (Å²) in [6, 6.07) is 29.1. The first kappa shape index (κ1) is 57.5. The van der Waals surface area contributed by atoms with Crippen LogP contribution in [-0.4, -0.2) is 117 Å². The molecule has 1 aliphatic rings. The Balaban J connectivity index is 1.03. The summed E-state index contributed by atoms with van der Waals surface area (Å²) in [6.45, 7) is 2.19. The Morgan fingerprint density at radius 2 is 1.11 bits per heavy atom. The predicted molar refractivity (Wildman–Crippen MR) is 287 cm³/mol. The van der Waals surface area contributed by atoms with Gasteiger partial charge in [-0.15, -0.1) is 0 Å². The number of aryl methyl sites for hydroxylation is 3. The van der Waals surface area contributed by atoms with E-state index >= 15 is 0 Å². The average Bonchev–Trinajstić information content (AvgIpc) is 3.45. The number of nitrogens with one attached hydrogen (secondary N) is 2. The molecule has 0 saturated carbocycles. The number of hydrogen-bond acceptors (Lipinski definition) is 14. The van der Waals surface area contributed by atoms with Crippen LogP contribution in [0.5, 0.6) is 51.7 Å². The zero-order valence-corrected chi connectivity index (χ0v) is 45.0. The van der Waals surface area contributed by atoms with Crippen molar-refractivity contribution in [1.29, 1.82) is 0 Å². The third kappa shape index (κ3) is 15.9. The van der Waals surface area contributed by atoms with Gasteiger partial charge in [0.05, 0.1) is 55.7 Å². The molecule has 3 amide bonds. The maximum absolute atomic E-state index is 14.5. The number of benzene rings is 5. The summed E-state index contributed by atoms with van der Waals surface area (Å²) >= 11 is 0. The van der Waals surface area contributed by atoms with Crippen molar-refractivity contribution in [3.8, 4) is 51.7 Å². The summed E-state index contributed by atoms with van der Waals surface area (Å²) in [5, 5.41) is 5.54. The lowest BCUT2D eigenvalue weighted by Gasteiger charge is -2.37. The zero-order chi connectivity index (χ0) is 54.4. The molecular formula is C59H73N3O14. The molecule has 0 unspecified atom stereocenters. The zero-order valence-electron chi connectivity index (χ0n) is 45.0. The SMILES string of the molecule is CC[C@H](C(=O)N1CCCC[C@H]1C(=O)O[C@H](CCc1ccc(OC)c(OC)c1)c1cccc(OCC(=O)NCCNC(=O)COc2cccc(CCCc3ccc(OC)c(OC)c3)c2)c1)c1cc(OC)c(OC)c(OC)c1. The van der Waals surface area contributed by atoms with E-state index in [4.69, 9.17) is 47.4 Å². The highest BCUT2D eigenvalue weighted by atomic mass is 16.6. The number of ether oxygens (including phenoxy) is 10. The topological polar surface area (TPSA) is 188 Å². The van der Waals surface area contributed by atoms with Crippen molar-refractivity contribution in [3.05, 3.63) is 125 Å². The van der Waals surface area contributed by atoms with Crippen LogP contribution in [0.4, 0.5) is 0 Å². The molecule has 0 radical (unpaired) electrons. The van der Waals surface area contributed by atoms with E-state index in [1.807, 2.05) is 73.7 Å². The lowest BCUT2D eigenvalue weighted by Crippen LogP contribution is -2.50. The van der Waals surface area contributed by atoms with Crippen molar-refractivity contribution in [2.24, 2.45) is 0 Å². The number of methoxy groups -OCH3 is 7. The minimum atomic E-state index is -0.822. The van der Waals surface area contributed by atoms with Gasteiger partial charge in [0.1, 0.15) is 23.6 Å². The molecule has 17 nitrogen and oxygen atoms in total.